The summed E-state index contributed by atoms with van der Waals surface area (Å²) in [5, 5.41) is 21.2. The molecular formula is C23H26FN7O2. The molecule has 2 saturated heterocycles. The van der Waals surface area contributed by atoms with Crippen molar-refractivity contribution in [2.45, 2.75) is 37.9 Å². The zero-order chi connectivity index (χ0) is 23.2. The number of methoxy groups -OCH3 is 1. The number of nitrogens with one attached hydrogen (secondary N) is 1. The summed E-state index contributed by atoms with van der Waals surface area (Å²) in [5.74, 6) is 0.182. The number of likely N-dealkylation sites (tertiary alicyclic amines) is 1. The van der Waals surface area contributed by atoms with E-state index in [9.17, 15) is 14.4 Å². The first-order chi connectivity index (χ1) is 16.0. The highest BCUT2D eigenvalue weighted by Gasteiger charge is 2.47. The number of carbonyl (C=O) groups is 1. The van der Waals surface area contributed by atoms with Crippen molar-refractivity contribution in [1.82, 2.24) is 29.6 Å². The number of alkyl halides is 1. The van der Waals surface area contributed by atoms with Crippen LogP contribution < -0.4 is 10.1 Å². The summed E-state index contributed by atoms with van der Waals surface area (Å²) in [5.41, 5.74) is 2.32. The first-order valence-corrected chi connectivity index (χ1v) is 11.2. The molecular weight excluding hydrogens is 425 g/mol. The number of hydrogen-bond acceptors (Lipinski definition) is 6. The number of pyridine rings is 1. The first-order valence-electron chi connectivity index (χ1n) is 11.2. The van der Waals surface area contributed by atoms with Gasteiger partial charge in [0.1, 0.15) is 22.9 Å². The molecule has 2 fully saturated rings. The number of aromatic nitrogens is 4. The Labute approximate surface area is 190 Å². The monoisotopic (exact) mass is 451 g/mol. The molecule has 0 spiro atoms. The molecule has 0 bridgehead atoms. The van der Waals surface area contributed by atoms with Gasteiger partial charge in [-0.05, 0) is 25.3 Å². The Morgan fingerprint density at radius 2 is 2.09 bits per heavy atom. The highest BCUT2D eigenvalue weighted by atomic mass is 19.1. The number of halogens is 1. The fraction of sp³-hybridized carbons (Fsp3) is 0.478. The van der Waals surface area contributed by atoms with Gasteiger partial charge in [-0.2, -0.15) is 15.5 Å². The fourth-order valence-electron chi connectivity index (χ4n) is 4.86. The third kappa shape index (κ3) is 3.43. The highest BCUT2D eigenvalue weighted by Crippen LogP contribution is 2.34. The van der Waals surface area contributed by atoms with E-state index in [1.165, 1.54) is 6.20 Å². The van der Waals surface area contributed by atoms with Crippen LogP contribution in [0.4, 0.5) is 4.39 Å². The third-order valence-corrected chi connectivity index (χ3v) is 6.75. The summed E-state index contributed by atoms with van der Waals surface area (Å²) in [6, 6.07) is 4.20. The van der Waals surface area contributed by atoms with Crippen molar-refractivity contribution in [3.63, 3.8) is 0 Å². The maximum Gasteiger partial charge on any atom is 0.262 e. The lowest BCUT2D eigenvalue weighted by Gasteiger charge is -2.40. The van der Waals surface area contributed by atoms with Gasteiger partial charge in [-0.1, -0.05) is 6.92 Å². The maximum atomic E-state index is 14.5. The van der Waals surface area contributed by atoms with E-state index >= 15 is 0 Å². The molecule has 0 aliphatic carbocycles. The SMILES string of the molecule is CCc1c(-c2cc(OC)c3c(C#N)cnn3c2)cnn1C1CCN(C(=O)C2(F)CNC2)CC1. The van der Waals surface area contributed by atoms with Crippen molar-refractivity contribution in [3.05, 3.63) is 35.9 Å². The second-order valence-corrected chi connectivity index (χ2v) is 8.66. The minimum atomic E-state index is -1.74. The number of amides is 1. The number of nitrogens with zero attached hydrogens (tertiary/aromatic N) is 6. The summed E-state index contributed by atoms with van der Waals surface area (Å²) in [7, 11) is 1.58. The molecule has 0 atom stereocenters. The Kier molecular flexibility index (Phi) is 5.29. The fourth-order valence-corrected chi connectivity index (χ4v) is 4.86. The van der Waals surface area contributed by atoms with Crippen LogP contribution in [0.25, 0.3) is 16.6 Å². The predicted octanol–water partition coefficient (Wildman–Crippen LogP) is 2.12. The van der Waals surface area contributed by atoms with Gasteiger partial charge in [0.05, 0.1) is 25.5 Å². The van der Waals surface area contributed by atoms with Crippen LogP contribution in [0.3, 0.4) is 0 Å². The van der Waals surface area contributed by atoms with E-state index in [1.807, 2.05) is 23.1 Å². The van der Waals surface area contributed by atoms with Crippen LogP contribution in [0.15, 0.2) is 24.7 Å². The standard InChI is InChI=1S/C23H26FN7O2/c1-3-19-18(15-8-20(33-2)21-16(9-25)10-27-30(21)12-15)11-28-31(19)17-4-6-29(7-5-17)22(32)23(24)13-26-14-23/h8,10-12,17,26H,3-7,13-14H2,1-2H3. The molecule has 3 aromatic heterocycles. The van der Waals surface area contributed by atoms with Gasteiger partial charge >= 0.3 is 0 Å². The smallest absolute Gasteiger partial charge is 0.262 e. The van der Waals surface area contributed by atoms with Crippen LogP contribution in [-0.2, 0) is 11.2 Å². The second kappa shape index (κ2) is 8.15. The van der Waals surface area contributed by atoms with Gasteiger partial charge in [-0.15, -0.1) is 0 Å². The van der Waals surface area contributed by atoms with E-state index in [0.29, 0.717) is 29.9 Å². The molecule has 0 radical (unpaired) electrons. The predicted molar refractivity (Wildman–Crippen MR) is 119 cm³/mol. The van der Waals surface area contributed by atoms with Gasteiger partial charge in [0.15, 0.2) is 0 Å². The molecule has 9 nitrogen and oxygen atoms in total. The van der Waals surface area contributed by atoms with Gasteiger partial charge in [0, 0.05) is 49.2 Å². The van der Waals surface area contributed by atoms with Crippen LogP contribution in [0.5, 0.6) is 5.75 Å². The minimum Gasteiger partial charge on any atom is -0.494 e. The quantitative estimate of drug-likeness (QED) is 0.638. The number of piperidine rings is 1. The number of rotatable bonds is 5. The number of nitriles is 1. The van der Waals surface area contributed by atoms with E-state index in [2.05, 4.69) is 23.4 Å². The molecule has 0 aromatic carbocycles. The van der Waals surface area contributed by atoms with E-state index < -0.39 is 11.6 Å². The second-order valence-electron chi connectivity index (χ2n) is 8.66. The Hall–Kier alpha value is -3.45. The molecule has 2 aliphatic heterocycles. The third-order valence-electron chi connectivity index (χ3n) is 6.75. The minimum absolute atomic E-state index is 0.105. The summed E-state index contributed by atoms with van der Waals surface area (Å²) in [6.45, 7) is 3.35. The van der Waals surface area contributed by atoms with E-state index in [1.54, 1.807) is 16.5 Å². The lowest BCUT2D eigenvalue weighted by Crippen LogP contribution is -2.65. The maximum absolute atomic E-state index is 14.5. The lowest BCUT2D eigenvalue weighted by molar-refractivity contribution is -0.148. The Balaban J connectivity index is 1.41. The van der Waals surface area contributed by atoms with Gasteiger partial charge in [-0.3, -0.25) is 9.48 Å². The molecule has 33 heavy (non-hydrogen) atoms. The van der Waals surface area contributed by atoms with Gasteiger partial charge < -0.3 is 15.0 Å². The zero-order valence-corrected chi connectivity index (χ0v) is 18.7. The molecule has 1 amide bonds. The molecule has 5 heterocycles. The average Bonchev–Trinajstić information content (AvgIpc) is 3.45. The van der Waals surface area contributed by atoms with Crippen molar-refractivity contribution in [3.8, 4) is 22.9 Å². The van der Waals surface area contributed by atoms with E-state index in [0.717, 1.165) is 36.1 Å². The highest BCUT2D eigenvalue weighted by molar-refractivity contribution is 5.87. The van der Waals surface area contributed by atoms with Crippen LogP contribution in [0.2, 0.25) is 0 Å². The van der Waals surface area contributed by atoms with Crippen molar-refractivity contribution >= 4 is 11.4 Å². The molecule has 172 valence electrons. The van der Waals surface area contributed by atoms with Gasteiger partial charge in [-0.25, -0.2) is 8.91 Å². The van der Waals surface area contributed by atoms with Gasteiger partial charge in [0.2, 0.25) is 5.67 Å². The summed E-state index contributed by atoms with van der Waals surface area (Å²) in [6.07, 6.45) is 7.50. The van der Waals surface area contributed by atoms with Crippen molar-refractivity contribution < 1.29 is 13.9 Å². The number of hydrogen-bond donors (Lipinski definition) is 1. The number of ether oxygens (including phenoxy) is 1. The van der Waals surface area contributed by atoms with Gasteiger partial charge in [0.25, 0.3) is 5.91 Å². The number of fused-ring (bicyclic) bond motifs is 1. The summed E-state index contributed by atoms with van der Waals surface area (Å²) < 4.78 is 23.8. The van der Waals surface area contributed by atoms with Crippen LogP contribution in [-0.4, -0.2) is 69.2 Å². The average molecular weight is 452 g/mol. The molecule has 5 rings (SSSR count). The van der Waals surface area contributed by atoms with Crippen LogP contribution >= 0.6 is 0 Å². The van der Waals surface area contributed by atoms with Crippen LogP contribution in [0.1, 0.15) is 37.1 Å². The van der Waals surface area contributed by atoms with Crippen molar-refractivity contribution in [1.29, 1.82) is 5.26 Å². The number of carbonyl (C=O) groups excluding carboxylic acids is 1. The Morgan fingerprint density at radius 1 is 1.33 bits per heavy atom. The largest absolute Gasteiger partial charge is 0.494 e. The van der Waals surface area contributed by atoms with Crippen molar-refractivity contribution in [2.24, 2.45) is 0 Å². The van der Waals surface area contributed by atoms with Crippen LogP contribution in [0, 0.1) is 11.3 Å². The summed E-state index contributed by atoms with van der Waals surface area (Å²) in [4.78, 5) is 14.1. The van der Waals surface area contributed by atoms with E-state index in [-0.39, 0.29) is 19.1 Å². The molecule has 2 aliphatic rings. The van der Waals surface area contributed by atoms with Crippen molar-refractivity contribution in [2.75, 3.05) is 33.3 Å². The Bertz CT molecular complexity index is 1250. The lowest BCUT2D eigenvalue weighted by atomic mass is 9.95. The Morgan fingerprint density at radius 3 is 2.70 bits per heavy atom. The molecule has 1 N–H and O–H groups in total. The molecule has 10 heteroatoms. The first kappa shape index (κ1) is 21.4. The molecule has 0 unspecified atom stereocenters. The topological polar surface area (TPSA) is 100 Å². The summed E-state index contributed by atoms with van der Waals surface area (Å²) >= 11 is 0. The van der Waals surface area contributed by atoms with E-state index in [4.69, 9.17) is 9.84 Å². The zero-order valence-electron chi connectivity index (χ0n) is 18.7. The molecule has 0 saturated carbocycles. The normalized spacial score (nSPS) is 18.2. The molecule has 3 aromatic rings.